The number of ether oxygens (including phenoxy) is 1. The monoisotopic (exact) mass is 406 g/mol. The van der Waals surface area contributed by atoms with Crippen LogP contribution in [0.4, 0.5) is 5.69 Å². The van der Waals surface area contributed by atoms with Gasteiger partial charge in [0.05, 0.1) is 16.8 Å². The Hall–Kier alpha value is -3.74. The van der Waals surface area contributed by atoms with Gasteiger partial charge in [0, 0.05) is 29.8 Å². The minimum Gasteiger partial charge on any atom is -0.452 e. The van der Waals surface area contributed by atoms with Gasteiger partial charge in [-0.25, -0.2) is 4.79 Å². The summed E-state index contributed by atoms with van der Waals surface area (Å²) in [6.45, 7) is 7.72. The van der Waals surface area contributed by atoms with Crippen LogP contribution in [0.3, 0.4) is 0 Å². The van der Waals surface area contributed by atoms with E-state index in [4.69, 9.17) is 10.5 Å². The quantitative estimate of drug-likeness (QED) is 0.383. The maximum absolute atomic E-state index is 12.9. The first-order valence-electron chi connectivity index (χ1n) is 9.46. The molecule has 2 aromatic carbocycles. The van der Waals surface area contributed by atoms with Gasteiger partial charge in [0.1, 0.15) is 0 Å². The van der Waals surface area contributed by atoms with Crippen molar-refractivity contribution in [3.8, 4) is 0 Å². The SMILES string of the molecule is C=C(C)CN(CC)C(=O)COC(=O)c1ccc2c(c1N)C(=O)c1ccccc1C2=O. The molecule has 0 spiro atoms. The van der Waals surface area contributed by atoms with Crippen LogP contribution in [0.25, 0.3) is 0 Å². The van der Waals surface area contributed by atoms with Gasteiger partial charge in [-0.1, -0.05) is 36.4 Å². The third-order valence-corrected chi connectivity index (χ3v) is 4.88. The van der Waals surface area contributed by atoms with Crippen molar-refractivity contribution in [2.75, 3.05) is 25.4 Å². The molecule has 2 aromatic rings. The molecule has 0 fully saturated rings. The fourth-order valence-corrected chi connectivity index (χ4v) is 3.39. The summed E-state index contributed by atoms with van der Waals surface area (Å²) < 4.78 is 5.12. The number of nitrogens with two attached hydrogens (primary N) is 1. The van der Waals surface area contributed by atoms with Crippen LogP contribution < -0.4 is 5.73 Å². The van der Waals surface area contributed by atoms with Crippen molar-refractivity contribution in [2.45, 2.75) is 13.8 Å². The van der Waals surface area contributed by atoms with E-state index in [1.54, 1.807) is 31.2 Å². The Morgan fingerprint density at radius 3 is 2.27 bits per heavy atom. The Morgan fingerprint density at radius 2 is 1.67 bits per heavy atom. The Labute approximate surface area is 174 Å². The Morgan fingerprint density at radius 1 is 1.03 bits per heavy atom. The Bertz CT molecular complexity index is 1090. The zero-order valence-corrected chi connectivity index (χ0v) is 16.9. The molecule has 0 aliphatic heterocycles. The first-order chi connectivity index (χ1) is 14.3. The minimum absolute atomic E-state index is 0.0167. The number of fused-ring (bicyclic) bond motifs is 2. The molecular weight excluding hydrogens is 384 g/mol. The summed E-state index contributed by atoms with van der Waals surface area (Å²) in [7, 11) is 0. The summed E-state index contributed by atoms with van der Waals surface area (Å²) >= 11 is 0. The molecule has 1 aliphatic carbocycles. The second-order valence-electron chi connectivity index (χ2n) is 7.09. The third-order valence-electron chi connectivity index (χ3n) is 4.88. The smallest absolute Gasteiger partial charge is 0.340 e. The average molecular weight is 406 g/mol. The fraction of sp³-hybridized carbons (Fsp3) is 0.217. The van der Waals surface area contributed by atoms with Gasteiger partial charge in [0.2, 0.25) is 0 Å². The number of nitrogen functional groups attached to an aromatic ring is 1. The van der Waals surface area contributed by atoms with Gasteiger partial charge in [-0.05, 0) is 26.0 Å². The first-order valence-corrected chi connectivity index (χ1v) is 9.46. The molecule has 7 heteroatoms. The maximum Gasteiger partial charge on any atom is 0.340 e. The van der Waals surface area contributed by atoms with Gasteiger partial charge >= 0.3 is 5.97 Å². The maximum atomic E-state index is 12.9. The molecule has 0 atom stereocenters. The highest BCUT2D eigenvalue weighted by Crippen LogP contribution is 2.32. The van der Waals surface area contributed by atoms with Crippen molar-refractivity contribution in [1.29, 1.82) is 0 Å². The Kier molecular flexibility index (Phi) is 5.82. The van der Waals surface area contributed by atoms with Crippen molar-refractivity contribution >= 4 is 29.1 Å². The largest absolute Gasteiger partial charge is 0.452 e. The lowest BCUT2D eigenvalue weighted by atomic mass is 9.82. The molecule has 0 unspecified atom stereocenters. The van der Waals surface area contributed by atoms with Crippen LogP contribution in [-0.4, -0.2) is 48.0 Å². The number of amides is 1. The summed E-state index contributed by atoms with van der Waals surface area (Å²) in [6.07, 6.45) is 0. The summed E-state index contributed by atoms with van der Waals surface area (Å²) in [5.74, 6) is -1.97. The molecule has 0 aromatic heterocycles. The molecule has 0 radical (unpaired) electrons. The predicted molar refractivity (Wildman–Crippen MR) is 112 cm³/mol. The molecule has 30 heavy (non-hydrogen) atoms. The first kappa shape index (κ1) is 21.0. The predicted octanol–water partition coefficient (Wildman–Crippen LogP) is 2.63. The van der Waals surface area contributed by atoms with E-state index >= 15 is 0 Å². The molecule has 0 saturated carbocycles. The molecule has 0 saturated heterocycles. The van der Waals surface area contributed by atoms with Gasteiger partial charge < -0.3 is 15.4 Å². The van der Waals surface area contributed by atoms with Crippen LogP contribution >= 0.6 is 0 Å². The third kappa shape index (κ3) is 3.74. The zero-order valence-electron chi connectivity index (χ0n) is 16.9. The number of carbonyl (C=O) groups is 4. The zero-order chi connectivity index (χ0) is 22.0. The molecule has 1 amide bonds. The van der Waals surface area contributed by atoms with E-state index in [-0.39, 0.29) is 39.6 Å². The molecule has 7 nitrogen and oxygen atoms in total. The lowest BCUT2D eigenvalue weighted by Gasteiger charge is -2.21. The molecule has 2 N–H and O–H groups in total. The number of esters is 1. The van der Waals surface area contributed by atoms with Crippen LogP contribution in [0.5, 0.6) is 0 Å². The number of likely N-dealkylation sites (N-methyl/N-ethyl adjacent to an activating group) is 1. The number of rotatable bonds is 6. The summed E-state index contributed by atoms with van der Waals surface area (Å²) in [5, 5.41) is 0. The number of nitrogens with zero attached hydrogens (tertiary/aromatic N) is 1. The number of anilines is 1. The highest BCUT2D eigenvalue weighted by Gasteiger charge is 2.33. The fourth-order valence-electron chi connectivity index (χ4n) is 3.39. The van der Waals surface area contributed by atoms with Crippen LogP contribution in [0.15, 0.2) is 48.6 Å². The topological polar surface area (TPSA) is 107 Å². The number of hydrogen-bond donors (Lipinski definition) is 1. The normalized spacial score (nSPS) is 12.1. The second-order valence-corrected chi connectivity index (χ2v) is 7.09. The van der Waals surface area contributed by atoms with Crippen LogP contribution in [0, 0.1) is 0 Å². The lowest BCUT2D eigenvalue weighted by molar-refractivity contribution is -0.133. The number of carbonyl (C=O) groups excluding carboxylic acids is 4. The van der Waals surface area contributed by atoms with Gasteiger partial charge in [-0.15, -0.1) is 0 Å². The number of benzene rings is 2. The van der Waals surface area contributed by atoms with Crippen LogP contribution in [0.1, 0.15) is 56.0 Å². The molecule has 0 heterocycles. The van der Waals surface area contributed by atoms with Crippen LogP contribution in [0.2, 0.25) is 0 Å². The van der Waals surface area contributed by atoms with Gasteiger partial charge in [0.15, 0.2) is 18.2 Å². The van der Waals surface area contributed by atoms with Crippen molar-refractivity contribution in [3.63, 3.8) is 0 Å². The molecule has 154 valence electrons. The van der Waals surface area contributed by atoms with E-state index in [1.165, 1.54) is 17.0 Å². The number of hydrogen-bond acceptors (Lipinski definition) is 6. The van der Waals surface area contributed by atoms with E-state index in [0.29, 0.717) is 18.7 Å². The van der Waals surface area contributed by atoms with E-state index in [0.717, 1.165) is 5.57 Å². The van der Waals surface area contributed by atoms with Gasteiger partial charge in [-0.2, -0.15) is 0 Å². The lowest BCUT2D eigenvalue weighted by Crippen LogP contribution is -2.35. The highest BCUT2D eigenvalue weighted by atomic mass is 16.5. The van der Waals surface area contributed by atoms with Crippen molar-refractivity contribution in [2.24, 2.45) is 0 Å². The van der Waals surface area contributed by atoms with Crippen molar-refractivity contribution in [3.05, 3.63) is 76.4 Å². The van der Waals surface area contributed by atoms with Crippen molar-refractivity contribution < 1.29 is 23.9 Å². The standard InChI is InChI=1S/C23H22N2O5/c1-4-25(11-13(2)3)18(26)12-30-23(29)17-10-9-16-19(20(17)24)22(28)15-8-6-5-7-14(15)21(16)27/h5-10H,2,4,11-12,24H2,1,3H3. The summed E-state index contributed by atoms with van der Waals surface area (Å²) in [5.41, 5.74) is 7.36. The number of ketones is 2. The average Bonchev–Trinajstić information content (AvgIpc) is 2.73. The molecule has 0 bridgehead atoms. The Balaban J connectivity index is 1.84. The van der Waals surface area contributed by atoms with E-state index < -0.39 is 18.4 Å². The molecule has 1 aliphatic rings. The van der Waals surface area contributed by atoms with E-state index in [2.05, 4.69) is 6.58 Å². The van der Waals surface area contributed by atoms with E-state index in [1.807, 2.05) is 6.92 Å². The van der Waals surface area contributed by atoms with Crippen LogP contribution in [-0.2, 0) is 9.53 Å². The summed E-state index contributed by atoms with van der Waals surface area (Å²) in [6, 6.07) is 9.18. The molecular formula is C23H22N2O5. The molecule has 3 rings (SSSR count). The van der Waals surface area contributed by atoms with Crippen molar-refractivity contribution in [1.82, 2.24) is 4.90 Å². The summed E-state index contributed by atoms with van der Waals surface area (Å²) in [4.78, 5) is 51.9. The van der Waals surface area contributed by atoms with Gasteiger partial charge in [-0.3, -0.25) is 14.4 Å². The highest BCUT2D eigenvalue weighted by molar-refractivity contribution is 6.30. The van der Waals surface area contributed by atoms with E-state index in [9.17, 15) is 19.2 Å². The minimum atomic E-state index is -0.839. The second kappa shape index (κ2) is 8.32. The van der Waals surface area contributed by atoms with Gasteiger partial charge in [0.25, 0.3) is 5.91 Å².